The van der Waals surface area contributed by atoms with E-state index in [9.17, 15) is 9.59 Å². The molecule has 0 radical (unpaired) electrons. The highest BCUT2D eigenvalue weighted by atomic mass is 16.5. The molecule has 1 aromatic rings. The van der Waals surface area contributed by atoms with E-state index >= 15 is 0 Å². The van der Waals surface area contributed by atoms with Gasteiger partial charge in [-0.1, -0.05) is 19.3 Å². The Morgan fingerprint density at radius 1 is 1.35 bits per heavy atom. The van der Waals surface area contributed by atoms with Crippen molar-refractivity contribution in [3.8, 4) is 5.75 Å². The van der Waals surface area contributed by atoms with Crippen molar-refractivity contribution in [3.05, 3.63) is 23.8 Å². The standard InChI is InChI=1S/C20H26N2O4/c1-2-25-17-11-16(20(17)8-4-3-5-9-20)22-19(24)13-6-7-14-15(10-13)26-12-18(23)21-14/h6-7,10,16-17H,2-5,8-9,11-12H2,1H3,(H,21,23)(H,22,24)/t16-,17+/m0/s1. The number of anilines is 1. The molecule has 1 aromatic carbocycles. The fraction of sp³-hybridized carbons (Fsp3) is 0.600. The number of hydrogen-bond acceptors (Lipinski definition) is 4. The molecule has 6 nitrogen and oxygen atoms in total. The van der Waals surface area contributed by atoms with Gasteiger partial charge in [-0.05, 0) is 44.4 Å². The van der Waals surface area contributed by atoms with Crippen LogP contribution in [0.1, 0.15) is 55.8 Å². The first kappa shape index (κ1) is 17.3. The zero-order chi connectivity index (χ0) is 18.1. The minimum Gasteiger partial charge on any atom is -0.482 e. The van der Waals surface area contributed by atoms with Crippen molar-refractivity contribution in [2.75, 3.05) is 18.5 Å². The molecule has 140 valence electrons. The maximum atomic E-state index is 12.8. The first-order chi connectivity index (χ1) is 12.6. The van der Waals surface area contributed by atoms with Crippen molar-refractivity contribution in [1.82, 2.24) is 5.32 Å². The summed E-state index contributed by atoms with van der Waals surface area (Å²) in [5, 5.41) is 5.98. The lowest BCUT2D eigenvalue weighted by atomic mass is 9.55. The van der Waals surface area contributed by atoms with E-state index in [1.807, 2.05) is 6.92 Å². The summed E-state index contributed by atoms with van der Waals surface area (Å²) in [6.45, 7) is 2.75. The minimum atomic E-state index is -0.176. The Bertz CT molecular complexity index is 712. The summed E-state index contributed by atoms with van der Waals surface area (Å²) in [5.41, 5.74) is 1.27. The van der Waals surface area contributed by atoms with E-state index in [0.29, 0.717) is 17.0 Å². The van der Waals surface area contributed by atoms with E-state index in [1.54, 1.807) is 18.2 Å². The van der Waals surface area contributed by atoms with Gasteiger partial charge in [0.15, 0.2) is 6.61 Å². The third kappa shape index (κ3) is 2.96. The van der Waals surface area contributed by atoms with Gasteiger partial charge in [-0.25, -0.2) is 0 Å². The number of benzene rings is 1. The van der Waals surface area contributed by atoms with E-state index in [-0.39, 0.29) is 36.0 Å². The highest BCUT2D eigenvalue weighted by Crippen LogP contribution is 2.53. The third-order valence-electron chi connectivity index (χ3n) is 6.12. The number of rotatable bonds is 4. The third-order valence-corrected chi connectivity index (χ3v) is 6.12. The Kier molecular flexibility index (Phi) is 4.61. The first-order valence-electron chi connectivity index (χ1n) is 9.61. The van der Waals surface area contributed by atoms with Crippen LogP contribution in [0.2, 0.25) is 0 Å². The predicted molar refractivity (Wildman–Crippen MR) is 97.4 cm³/mol. The monoisotopic (exact) mass is 358 g/mol. The molecule has 2 fully saturated rings. The van der Waals surface area contributed by atoms with Crippen LogP contribution in [0.4, 0.5) is 5.69 Å². The molecule has 0 bridgehead atoms. The molecule has 2 atom stereocenters. The fourth-order valence-corrected chi connectivity index (χ4v) is 4.72. The average Bonchev–Trinajstić information content (AvgIpc) is 2.67. The van der Waals surface area contributed by atoms with Crippen LogP contribution in [0.5, 0.6) is 5.75 Å². The van der Waals surface area contributed by atoms with Crippen LogP contribution in [0.25, 0.3) is 0 Å². The molecule has 0 unspecified atom stereocenters. The molecule has 1 spiro atoms. The topological polar surface area (TPSA) is 76.7 Å². The van der Waals surface area contributed by atoms with Crippen molar-refractivity contribution >= 4 is 17.5 Å². The van der Waals surface area contributed by atoms with Crippen LogP contribution in [-0.4, -0.2) is 37.2 Å². The van der Waals surface area contributed by atoms with E-state index in [1.165, 1.54) is 19.3 Å². The average molecular weight is 358 g/mol. The molecule has 6 heteroatoms. The Balaban J connectivity index is 1.47. The van der Waals surface area contributed by atoms with Crippen molar-refractivity contribution in [2.45, 2.75) is 57.6 Å². The summed E-state index contributed by atoms with van der Waals surface area (Å²) in [6.07, 6.45) is 7.10. The number of carbonyl (C=O) groups excluding carboxylic acids is 2. The molecule has 0 aromatic heterocycles. The highest BCUT2D eigenvalue weighted by molar-refractivity contribution is 5.99. The molecule has 26 heavy (non-hydrogen) atoms. The first-order valence-corrected chi connectivity index (χ1v) is 9.61. The van der Waals surface area contributed by atoms with Gasteiger partial charge in [-0.15, -0.1) is 0 Å². The van der Waals surface area contributed by atoms with Crippen molar-refractivity contribution in [1.29, 1.82) is 0 Å². The van der Waals surface area contributed by atoms with Crippen LogP contribution < -0.4 is 15.4 Å². The smallest absolute Gasteiger partial charge is 0.262 e. The van der Waals surface area contributed by atoms with Crippen LogP contribution in [0.15, 0.2) is 18.2 Å². The zero-order valence-electron chi connectivity index (χ0n) is 15.2. The fourth-order valence-electron chi connectivity index (χ4n) is 4.72. The summed E-state index contributed by atoms with van der Waals surface area (Å²) >= 11 is 0. The molecule has 3 aliphatic rings. The number of nitrogens with one attached hydrogen (secondary N) is 2. The molecule has 2 saturated carbocycles. The largest absolute Gasteiger partial charge is 0.482 e. The summed E-state index contributed by atoms with van der Waals surface area (Å²) in [4.78, 5) is 24.2. The minimum absolute atomic E-state index is 0.0140. The van der Waals surface area contributed by atoms with Crippen LogP contribution in [-0.2, 0) is 9.53 Å². The van der Waals surface area contributed by atoms with Gasteiger partial charge in [-0.2, -0.15) is 0 Å². The molecule has 1 heterocycles. The SMILES string of the molecule is CCO[C@@H]1C[C@H](NC(=O)c2ccc3c(c2)OCC(=O)N3)C12CCCCC2. The molecule has 2 amide bonds. The lowest BCUT2D eigenvalue weighted by molar-refractivity contribution is -0.146. The number of fused-ring (bicyclic) bond motifs is 1. The van der Waals surface area contributed by atoms with Crippen molar-refractivity contribution < 1.29 is 19.1 Å². The van der Waals surface area contributed by atoms with Gasteiger partial charge in [0.25, 0.3) is 11.8 Å². The maximum Gasteiger partial charge on any atom is 0.262 e. The summed E-state index contributed by atoms with van der Waals surface area (Å²) in [5.74, 6) is 0.286. The van der Waals surface area contributed by atoms with E-state index < -0.39 is 0 Å². The second kappa shape index (κ2) is 6.91. The van der Waals surface area contributed by atoms with Crippen LogP contribution >= 0.6 is 0 Å². The normalized spacial score (nSPS) is 26.3. The van der Waals surface area contributed by atoms with Crippen LogP contribution in [0, 0.1) is 5.41 Å². The molecule has 2 N–H and O–H groups in total. The van der Waals surface area contributed by atoms with Gasteiger partial charge in [0.05, 0.1) is 11.8 Å². The molecular weight excluding hydrogens is 332 g/mol. The second-order valence-electron chi connectivity index (χ2n) is 7.55. The molecular formula is C20H26N2O4. The van der Waals surface area contributed by atoms with Gasteiger partial charge < -0.3 is 20.1 Å². The Hall–Kier alpha value is -2.08. The van der Waals surface area contributed by atoms with Gasteiger partial charge in [0.2, 0.25) is 0 Å². The summed E-state index contributed by atoms with van der Waals surface area (Å²) in [6, 6.07) is 5.33. The summed E-state index contributed by atoms with van der Waals surface area (Å²) < 4.78 is 11.4. The van der Waals surface area contributed by atoms with Gasteiger partial charge in [0.1, 0.15) is 5.75 Å². The quantitative estimate of drug-likeness (QED) is 0.868. The van der Waals surface area contributed by atoms with Gasteiger partial charge in [-0.3, -0.25) is 9.59 Å². The van der Waals surface area contributed by atoms with E-state index in [0.717, 1.165) is 25.9 Å². The van der Waals surface area contributed by atoms with E-state index in [4.69, 9.17) is 9.47 Å². The Morgan fingerprint density at radius 2 is 2.15 bits per heavy atom. The molecule has 0 saturated heterocycles. The van der Waals surface area contributed by atoms with Crippen LogP contribution in [0.3, 0.4) is 0 Å². The number of amides is 2. The van der Waals surface area contributed by atoms with E-state index in [2.05, 4.69) is 10.6 Å². The lowest BCUT2D eigenvalue weighted by Crippen LogP contribution is -2.65. The number of ether oxygens (including phenoxy) is 2. The molecule has 4 rings (SSSR count). The van der Waals surface area contributed by atoms with Gasteiger partial charge in [0, 0.05) is 23.6 Å². The molecule has 1 aliphatic heterocycles. The van der Waals surface area contributed by atoms with Gasteiger partial charge >= 0.3 is 0 Å². The molecule has 2 aliphatic carbocycles. The number of carbonyl (C=O) groups is 2. The van der Waals surface area contributed by atoms with Crippen molar-refractivity contribution in [2.24, 2.45) is 5.41 Å². The summed E-state index contributed by atoms with van der Waals surface area (Å²) in [7, 11) is 0. The second-order valence-corrected chi connectivity index (χ2v) is 7.55. The highest BCUT2D eigenvalue weighted by Gasteiger charge is 2.56. The Labute approximate surface area is 153 Å². The van der Waals surface area contributed by atoms with Crippen molar-refractivity contribution in [3.63, 3.8) is 0 Å². The predicted octanol–water partition coefficient (Wildman–Crippen LogP) is 2.88. The zero-order valence-corrected chi connectivity index (χ0v) is 15.2. The lowest BCUT2D eigenvalue weighted by Gasteiger charge is -2.57. The Morgan fingerprint density at radius 3 is 2.92 bits per heavy atom. The number of hydrogen-bond donors (Lipinski definition) is 2. The maximum absolute atomic E-state index is 12.8.